The molecule has 0 aromatic heterocycles. The molecule has 2 atom stereocenters. The predicted molar refractivity (Wildman–Crippen MR) is 49.9 cm³/mol. The van der Waals surface area contributed by atoms with Gasteiger partial charge in [-0.15, -0.1) is 0 Å². The van der Waals surface area contributed by atoms with Crippen LogP contribution < -0.4 is 10.5 Å². The van der Waals surface area contributed by atoms with Crippen LogP contribution in [0.25, 0.3) is 0 Å². The average molecular weight is 233 g/mol. The molecule has 0 fully saturated rings. The van der Waals surface area contributed by atoms with Crippen LogP contribution in [0.3, 0.4) is 0 Å². The molecule has 0 amide bonds. The SMILES string of the molecule is N[C@@H]1c2ccc(C(F)(F)F)cc2OC[C@@H]1O. The van der Waals surface area contributed by atoms with E-state index in [-0.39, 0.29) is 12.4 Å². The van der Waals surface area contributed by atoms with Crippen molar-refractivity contribution in [3.63, 3.8) is 0 Å². The van der Waals surface area contributed by atoms with Gasteiger partial charge in [-0.05, 0) is 12.1 Å². The van der Waals surface area contributed by atoms with Crippen LogP contribution in [0.5, 0.6) is 5.75 Å². The van der Waals surface area contributed by atoms with Crippen molar-refractivity contribution in [3.05, 3.63) is 29.3 Å². The van der Waals surface area contributed by atoms with Crippen molar-refractivity contribution in [1.82, 2.24) is 0 Å². The minimum atomic E-state index is -4.40. The second-order valence-electron chi connectivity index (χ2n) is 3.65. The largest absolute Gasteiger partial charge is 0.490 e. The highest BCUT2D eigenvalue weighted by atomic mass is 19.4. The first-order valence-corrected chi connectivity index (χ1v) is 4.67. The van der Waals surface area contributed by atoms with Crippen molar-refractivity contribution in [2.24, 2.45) is 5.73 Å². The van der Waals surface area contributed by atoms with E-state index in [1.807, 2.05) is 0 Å². The fourth-order valence-electron chi connectivity index (χ4n) is 1.60. The molecule has 1 aromatic carbocycles. The normalized spacial score (nSPS) is 24.8. The maximum atomic E-state index is 12.4. The molecule has 2 rings (SSSR count). The topological polar surface area (TPSA) is 55.5 Å². The smallest absolute Gasteiger partial charge is 0.416 e. The van der Waals surface area contributed by atoms with Crippen molar-refractivity contribution in [3.8, 4) is 5.75 Å². The fourth-order valence-corrected chi connectivity index (χ4v) is 1.60. The molecule has 88 valence electrons. The monoisotopic (exact) mass is 233 g/mol. The Balaban J connectivity index is 2.41. The van der Waals surface area contributed by atoms with Gasteiger partial charge < -0.3 is 15.6 Å². The van der Waals surface area contributed by atoms with E-state index in [0.717, 1.165) is 12.1 Å². The number of halogens is 3. The summed E-state index contributed by atoms with van der Waals surface area (Å²) in [4.78, 5) is 0. The molecule has 1 aromatic rings. The van der Waals surface area contributed by atoms with Crippen LogP contribution in [0.2, 0.25) is 0 Å². The Morgan fingerprint density at radius 1 is 1.38 bits per heavy atom. The lowest BCUT2D eigenvalue weighted by molar-refractivity contribution is -0.137. The summed E-state index contributed by atoms with van der Waals surface area (Å²) >= 11 is 0. The van der Waals surface area contributed by atoms with E-state index in [4.69, 9.17) is 10.5 Å². The molecule has 16 heavy (non-hydrogen) atoms. The summed E-state index contributed by atoms with van der Waals surface area (Å²) in [6.07, 6.45) is -5.29. The van der Waals surface area contributed by atoms with Crippen LogP contribution in [0.1, 0.15) is 17.2 Å². The van der Waals surface area contributed by atoms with Crippen LogP contribution >= 0.6 is 0 Å². The molecule has 0 unspecified atom stereocenters. The van der Waals surface area contributed by atoms with Crippen LogP contribution in [-0.4, -0.2) is 17.8 Å². The summed E-state index contributed by atoms with van der Waals surface area (Å²) < 4.78 is 42.2. The predicted octanol–water partition coefficient (Wildman–Crippen LogP) is 1.46. The van der Waals surface area contributed by atoms with Crippen molar-refractivity contribution < 1.29 is 23.0 Å². The van der Waals surface area contributed by atoms with Gasteiger partial charge in [0.2, 0.25) is 0 Å². The summed E-state index contributed by atoms with van der Waals surface area (Å²) in [6, 6.07) is 2.37. The van der Waals surface area contributed by atoms with E-state index >= 15 is 0 Å². The van der Waals surface area contributed by atoms with E-state index < -0.39 is 23.9 Å². The number of ether oxygens (including phenoxy) is 1. The zero-order valence-corrected chi connectivity index (χ0v) is 8.16. The van der Waals surface area contributed by atoms with Crippen molar-refractivity contribution in [2.45, 2.75) is 18.3 Å². The lowest BCUT2D eigenvalue weighted by atomic mass is 9.97. The van der Waals surface area contributed by atoms with Crippen LogP contribution in [0.15, 0.2) is 18.2 Å². The van der Waals surface area contributed by atoms with Crippen LogP contribution in [-0.2, 0) is 6.18 Å². The molecule has 0 saturated heterocycles. The van der Waals surface area contributed by atoms with E-state index in [9.17, 15) is 18.3 Å². The summed E-state index contributed by atoms with van der Waals surface area (Å²) in [7, 11) is 0. The second-order valence-corrected chi connectivity index (χ2v) is 3.65. The molecule has 1 aliphatic rings. The van der Waals surface area contributed by atoms with Crippen molar-refractivity contribution >= 4 is 0 Å². The molecule has 0 aliphatic carbocycles. The third-order valence-corrected chi connectivity index (χ3v) is 2.52. The number of nitrogens with two attached hydrogens (primary N) is 1. The number of hydrogen-bond acceptors (Lipinski definition) is 3. The number of aliphatic hydroxyl groups is 1. The number of alkyl halides is 3. The summed E-state index contributed by atoms with van der Waals surface area (Å²) in [5.74, 6) is 0.0904. The number of benzene rings is 1. The maximum absolute atomic E-state index is 12.4. The Kier molecular flexibility index (Phi) is 2.55. The highest BCUT2D eigenvalue weighted by Crippen LogP contribution is 2.37. The van der Waals surface area contributed by atoms with Gasteiger partial charge in [-0.3, -0.25) is 0 Å². The minimum absolute atomic E-state index is 0.0878. The fraction of sp³-hybridized carbons (Fsp3) is 0.400. The molecule has 1 heterocycles. The lowest BCUT2D eigenvalue weighted by Crippen LogP contribution is -2.35. The van der Waals surface area contributed by atoms with Gasteiger partial charge >= 0.3 is 6.18 Å². The molecule has 3 nitrogen and oxygen atoms in total. The van der Waals surface area contributed by atoms with Crippen LogP contribution in [0.4, 0.5) is 13.2 Å². The molecule has 3 N–H and O–H groups in total. The zero-order valence-electron chi connectivity index (χ0n) is 8.16. The number of hydrogen-bond donors (Lipinski definition) is 2. The third-order valence-electron chi connectivity index (χ3n) is 2.52. The maximum Gasteiger partial charge on any atom is 0.416 e. The summed E-state index contributed by atoms with van der Waals surface area (Å²) in [5.41, 5.74) is 5.25. The molecule has 0 bridgehead atoms. The quantitative estimate of drug-likeness (QED) is 0.713. The molecular weight excluding hydrogens is 223 g/mol. The van der Waals surface area contributed by atoms with Crippen molar-refractivity contribution in [2.75, 3.05) is 6.61 Å². The number of fused-ring (bicyclic) bond motifs is 1. The van der Waals surface area contributed by atoms with E-state index in [2.05, 4.69) is 0 Å². The summed E-state index contributed by atoms with van der Waals surface area (Å²) in [5, 5.41) is 9.38. The average Bonchev–Trinajstić information content (AvgIpc) is 2.22. The third kappa shape index (κ3) is 1.85. The van der Waals surface area contributed by atoms with Crippen LogP contribution in [0, 0.1) is 0 Å². The number of rotatable bonds is 0. The minimum Gasteiger partial charge on any atom is -0.490 e. The molecular formula is C10H10F3NO2. The summed E-state index contributed by atoms with van der Waals surface area (Å²) in [6.45, 7) is -0.0878. The van der Waals surface area contributed by atoms with Gasteiger partial charge in [-0.1, -0.05) is 6.07 Å². The van der Waals surface area contributed by atoms with Gasteiger partial charge in [0.05, 0.1) is 11.6 Å². The Bertz CT molecular complexity index is 406. The first-order valence-electron chi connectivity index (χ1n) is 4.67. The number of aliphatic hydroxyl groups excluding tert-OH is 1. The Hall–Kier alpha value is -1.27. The molecule has 0 spiro atoms. The standard InChI is InChI=1S/C10H10F3NO2/c11-10(12,13)5-1-2-6-8(3-5)16-4-7(15)9(6)14/h1-3,7,9,15H,4,14H2/t7-,9+/m0/s1. The molecule has 0 saturated carbocycles. The van der Waals surface area contributed by atoms with Gasteiger partial charge in [-0.2, -0.15) is 13.2 Å². The van der Waals surface area contributed by atoms with E-state index in [1.54, 1.807) is 0 Å². The highest BCUT2D eigenvalue weighted by Gasteiger charge is 2.33. The molecule has 1 aliphatic heterocycles. The van der Waals surface area contributed by atoms with E-state index in [1.165, 1.54) is 6.07 Å². The lowest BCUT2D eigenvalue weighted by Gasteiger charge is -2.28. The highest BCUT2D eigenvalue weighted by molar-refractivity contribution is 5.42. The Labute approximate surface area is 89.6 Å². The Morgan fingerprint density at radius 2 is 2.06 bits per heavy atom. The van der Waals surface area contributed by atoms with Gasteiger partial charge in [-0.25, -0.2) is 0 Å². The van der Waals surface area contributed by atoms with Gasteiger partial charge in [0.25, 0.3) is 0 Å². The first-order chi connectivity index (χ1) is 7.39. The van der Waals surface area contributed by atoms with Crippen molar-refractivity contribution in [1.29, 1.82) is 0 Å². The van der Waals surface area contributed by atoms with Gasteiger partial charge in [0.1, 0.15) is 18.5 Å². The Morgan fingerprint density at radius 3 is 2.69 bits per heavy atom. The second kappa shape index (κ2) is 3.64. The van der Waals surface area contributed by atoms with Gasteiger partial charge in [0.15, 0.2) is 0 Å². The molecule has 6 heteroatoms. The van der Waals surface area contributed by atoms with Gasteiger partial charge in [0, 0.05) is 5.56 Å². The molecule has 0 radical (unpaired) electrons. The van der Waals surface area contributed by atoms with E-state index in [0.29, 0.717) is 5.56 Å². The first kappa shape index (κ1) is 11.2. The zero-order chi connectivity index (χ0) is 11.9.